The number of anilines is 2. The molecule has 4 rings (SSSR count). The predicted molar refractivity (Wildman–Crippen MR) is 132 cm³/mol. The number of guanidine groups is 1. The van der Waals surface area contributed by atoms with E-state index >= 15 is 0 Å². The SMILES string of the molecule is Cc1cc(C)nc(/N=C(\NC(=O)Nc2cccc(Cl)c2)N2CCN(c3ccccc3)CC2)n1. The van der Waals surface area contributed by atoms with Crippen LogP contribution in [0, 0.1) is 13.8 Å². The van der Waals surface area contributed by atoms with Crippen LogP contribution in [-0.2, 0) is 0 Å². The molecule has 9 heteroatoms. The summed E-state index contributed by atoms with van der Waals surface area (Å²) in [7, 11) is 0. The molecule has 170 valence electrons. The molecule has 2 amide bonds. The summed E-state index contributed by atoms with van der Waals surface area (Å²) in [5.41, 5.74) is 3.41. The summed E-state index contributed by atoms with van der Waals surface area (Å²) < 4.78 is 0. The third-order valence-electron chi connectivity index (χ3n) is 5.18. The number of amides is 2. The van der Waals surface area contributed by atoms with Gasteiger partial charge in [0.2, 0.25) is 5.96 Å². The van der Waals surface area contributed by atoms with Crippen LogP contribution in [0.5, 0.6) is 0 Å². The molecule has 0 aliphatic carbocycles. The summed E-state index contributed by atoms with van der Waals surface area (Å²) in [6.07, 6.45) is 0. The molecule has 0 spiro atoms. The van der Waals surface area contributed by atoms with Crippen molar-refractivity contribution in [3.8, 4) is 0 Å². The van der Waals surface area contributed by atoms with Gasteiger partial charge in [0.25, 0.3) is 5.95 Å². The number of piperazine rings is 1. The van der Waals surface area contributed by atoms with Gasteiger partial charge in [-0.1, -0.05) is 35.9 Å². The van der Waals surface area contributed by atoms with Crippen LogP contribution >= 0.6 is 11.6 Å². The van der Waals surface area contributed by atoms with Gasteiger partial charge >= 0.3 is 6.03 Å². The van der Waals surface area contributed by atoms with Gasteiger partial charge in [-0.25, -0.2) is 14.8 Å². The van der Waals surface area contributed by atoms with Gasteiger partial charge in [-0.05, 0) is 50.2 Å². The van der Waals surface area contributed by atoms with E-state index in [1.807, 2.05) is 43.0 Å². The van der Waals surface area contributed by atoms with Gasteiger partial charge < -0.3 is 15.1 Å². The number of aryl methyl sites for hydroxylation is 2. The number of aliphatic imine (C=N–C) groups is 1. The summed E-state index contributed by atoms with van der Waals surface area (Å²) in [5.74, 6) is 0.725. The second-order valence-corrected chi connectivity index (χ2v) is 8.22. The molecule has 1 aliphatic rings. The van der Waals surface area contributed by atoms with E-state index in [4.69, 9.17) is 11.6 Å². The topological polar surface area (TPSA) is 85.7 Å². The zero-order valence-electron chi connectivity index (χ0n) is 18.6. The maximum atomic E-state index is 12.8. The van der Waals surface area contributed by atoms with E-state index in [2.05, 4.69) is 42.6 Å². The Morgan fingerprint density at radius 2 is 1.64 bits per heavy atom. The molecule has 0 bridgehead atoms. The van der Waals surface area contributed by atoms with Gasteiger partial charge in [-0.3, -0.25) is 5.32 Å². The van der Waals surface area contributed by atoms with Crippen molar-refractivity contribution in [2.45, 2.75) is 13.8 Å². The van der Waals surface area contributed by atoms with E-state index < -0.39 is 6.03 Å². The summed E-state index contributed by atoms with van der Waals surface area (Å²) in [6.45, 7) is 6.77. The maximum Gasteiger partial charge on any atom is 0.326 e. The highest BCUT2D eigenvalue weighted by Crippen LogP contribution is 2.17. The van der Waals surface area contributed by atoms with E-state index in [0.29, 0.717) is 35.7 Å². The first-order chi connectivity index (χ1) is 16.0. The van der Waals surface area contributed by atoms with Gasteiger partial charge in [-0.2, -0.15) is 4.99 Å². The number of carbonyl (C=O) groups excluding carboxylic acids is 1. The van der Waals surface area contributed by atoms with Crippen molar-refractivity contribution in [1.82, 2.24) is 20.2 Å². The van der Waals surface area contributed by atoms with Gasteiger partial charge in [0.05, 0.1) is 0 Å². The number of aromatic nitrogens is 2. The zero-order valence-corrected chi connectivity index (χ0v) is 19.4. The predicted octanol–water partition coefficient (Wildman–Crippen LogP) is 4.38. The zero-order chi connectivity index (χ0) is 23.2. The molecule has 2 heterocycles. The Morgan fingerprint density at radius 3 is 2.30 bits per heavy atom. The highest BCUT2D eigenvalue weighted by Gasteiger charge is 2.22. The number of hydrogen-bond acceptors (Lipinski definition) is 5. The highest BCUT2D eigenvalue weighted by molar-refractivity contribution is 6.30. The average Bonchev–Trinajstić information content (AvgIpc) is 2.79. The molecule has 1 fully saturated rings. The van der Waals surface area contributed by atoms with Gasteiger partial charge in [0.15, 0.2) is 0 Å². The minimum atomic E-state index is -0.411. The average molecular weight is 464 g/mol. The van der Waals surface area contributed by atoms with Gasteiger partial charge in [0, 0.05) is 54.0 Å². The fourth-order valence-electron chi connectivity index (χ4n) is 3.68. The molecule has 2 aromatic carbocycles. The van der Waals surface area contributed by atoms with Gasteiger partial charge in [-0.15, -0.1) is 0 Å². The Kier molecular flexibility index (Phi) is 7.04. The largest absolute Gasteiger partial charge is 0.368 e. The standard InChI is InChI=1S/C24H26ClN7O/c1-17-15-18(2)27-22(26-17)29-23(30-24(33)28-20-8-6-7-19(25)16-20)32-13-11-31(12-14-32)21-9-4-3-5-10-21/h3-10,15-16H,11-14H2,1-2H3,(H2,26,27,28,29,30,33). The molecule has 0 atom stereocenters. The molecule has 1 aromatic heterocycles. The normalized spacial score (nSPS) is 14.2. The molecule has 8 nitrogen and oxygen atoms in total. The van der Waals surface area contributed by atoms with Crippen molar-refractivity contribution in [2.24, 2.45) is 4.99 Å². The lowest BCUT2D eigenvalue weighted by Crippen LogP contribution is -2.54. The van der Waals surface area contributed by atoms with Crippen LogP contribution in [0.4, 0.5) is 22.1 Å². The number of benzene rings is 2. The summed E-state index contributed by atoms with van der Waals surface area (Å²) in [5, 5.41) is 6.23. The minimum Gasteiger partial charge on any atom is -0.368 e. The number of para-hydroxylation sites is 1. The molecule has 0 saturated carbocycles. The number of urea groups is 1. The molecular formula is C24H26ClN7O. The van der Waals surface area contributed by atoms with E-state index in [-0.39, 0.29) is 0 Å². The Balaban J connectivity index is 1.52. The molecule has 1 aliphatic heterocycles. The monoisotopic (exact) mass is 463 g/mol. The van der Waals surface area contributed by atoms with Crippen LogP contribution < -0.4 is 15.5 Å². The lowest BCUT2D eigenvalue weighted by molar-refractivity contribution is 0.254. The van der Waals surface area contributed by atoms with Crippen molar-refractivity contribution >= 4 is 40.9 Å². The van der Waals surface area contributed by atoms with Crippen molar-refractivity contribution < 1.29 is 4.79 Å². The number of nitrogens with one attached hydrogen (secondary N) is 2. The smallest absolute Gasteiger partial charge is 0.326 e. The quantitative estimate of drug-likeness (QED) is 0.444. The first-order valence-corrected chi connectivity index (χ1v) is 11.1. The fraction of sp³-hybridized carbons (Fsp3) is 0.250. The van der Waals surface area contributed by atoms with E-state index in [1.165, 1.54) is 5.69 Å². The second-order valence-electron chi connectivity index (χ2n) is 7.79. The van der Waals surface area contributed by atoms with Crippen molar-refractivity contribution in [1.29, 1.82) is 0 Å². The van der Waals surface area contributed by atoms with Crippen molar-refractivity contribution in [3.05, 3.63) is 77.1 Å². The molecule has 33 heavy (non-hydrogen) atoms. The Morgan fingerprint density at radius 1 is 0.939 bits per heavy atom. The molecular weight excluding hydrogens is 438 g/mol. The molecule has 2 N–H and O–H groups in total. The minimum absolute atomic E-state index is 0.316. The van der Waals surface area contributed by atoms with E-state index in [9.17, 15) is 4.79 Å². The second kappa shape index (κ2) is 10.3. The Hall–Kier alpha value is -3.65. The molecule has 1 saturated heterocycles. The van der Waals surface area contributed by atoms with Crippen LogP contribution in [0.25, 0.3) is 0 Å². The van der Waals surface area contributed by atoms with Crippen LogP contribution in [0.1, 0.15) is 11.4 Å². The molecule has 0 unspecified atom stereocenters. The first kappa shape index (κ1) is 22.5. The fourth-order valence-corrected chi connectivity index (χ4v) is 3.87. The number of nitrogens with zero attached hydrogens (tertiary/aromatic N) is 5. The Labute approximate surface area is 198 Å². The third-order valence-corrected chi connectivity index (χ3v) is 5.42. The van der Waals surface area contributed by atoms with Crippen molar-refractivity contribution in [2.75, 3.05) is 36.4 Å². The maximum absolute atomic E-state index is 12.8. The molecule has 3 aromatic rings. The number of rotatable bonds is 3. The lowest BCUT2D eigenvalue weighted by Gasteiger charge is -2.37. The lowest BCUT2D eigenvalue weighted by atomic mass is 10.2. The Bertz CT molecular complexity index is 1120. The summed E-state index contributed by atoms with van der Waals surface area (Å²) in [4.78, 5) is 30.5. The van der Waals surface area contributed by atoms with E-state index in [1.54, 1.807) is 24.3 Å². The van der Waals surface area contributed by atoms with Crippen LogP contribution in [-0.4, -0.2) is 53.0 Å². The highest BCUT2D eigenvalue weighted by atomic mass is 35.5. The van der Waals surface area contributed by atoms with Crippen LogP contribution in [0.2, 0.25) is 5.02 Å². The third kappa shape index (κ3) is 6.20. The summed E-state index contributed by atoms with van der Waals surface area (Å²) in [6, 6.07) is 18.7. The number of hydrogen-bond donors (Lipinski definition) is 2. The van der Waals surface area contributed by atoms with Crippen LogP contribution in [0.15, 0.2) is 65.7 Å². The first-order valence-electron chi connectivity index (χ1n) is 10.8. The molecule has 0 radical (unpaired) electrons. The van der Waals surface area contributed by atoms with E-state index in [0.717, 1.165) is 24.5 Å². The van der Waals surface area contributed by atoms with Crippen LogP contribution in [0.3, 0.4) is 0 Å². The number of halogens is 1. The van der Waals surface area contributed by atoms with Gasteiger partial charge in [0.1, 0.15) is 0 Å². The summed E-state index contributed by atoms with van der Waals surface area (Å²) >= 11 is 6.03. The van der Waals surface area contributed by atoms with Crippen molar-refractivity contribution in [3.63, 3.8) is 0 Å². The number of carbonyl (C=O) groups is 1.